The molecule has 0 spiro atoms. The van der Waals surface area contributed by atoms with E-state index < -0.39 is 0 Å². The lowest BCUT2D eigenvalue weighted by molar-refractivity contribution is 0.138. The molecule has 7 heteroatoms. The van der Waals surface area contributed by atoms with Crippen LogP contribution in [0.1, 0.15) is 17.2 Å². The zero-order valence-corrected chi connectivity index (χ0v) is 19.6. The van der Waals surface area contributed by atoms with Crippen molar-refractivity contribution in [2.24, 2.45) is 4.99 Å². The second kappa shape index (κ2) is 10.00. The number of H-pyrrole nitrogens is 1. The van der Waals surface area contributed by atoms with Crippen molar-refractivity contribution in [1.29, 1.82) is 0 Å². The van der Waals surface area contributed by atoms with Crippen LogP contribution in [0.4, 0.5) is 5.69 Å². The first-order valence-corrected chi connectivity index (χ1v) is 12.3. The lowest BCUT2D eigenvalue weighted by atomic mass is 9.90. The van der Waals surface area contributed by atoms with E-state index in [0.29, 0.717) is 25.7 Å². The molecule has 2 unspecified atom stereocenters. The van der Waals surface area contributed by atoms with Crippen molar-refractivity contribution in [2.45, 2.75) is 18.5 Å². The van der Waals surface area contributed by atoms with Crippen LogP contribution in [0.15, 0.2) is 78.1 Å². The highest BCUT2D eigenvalue weighted by atomic mass is 16.5. The number of hydrogen-bond acceptors (Lipinski definition) is 6. The molecule has 178 valence electrons. The molecule has 6 rings (SSSR count). The topological polar surface area (TPSA) is 86.4 Å². The maximum atomic E-state index is 5.81. The highest BCUT2D eigenvalue weighted by molar-refractivity contribution is 6.07. The first-order valence-electron chi connectivity index (χ1n) is 12.3. The van der Waals surface area contributed by atoms with E-state index in [1.54, 1.807) is 0 Å². The van der Waals surface area contributed by atoms with Gasteiger partial charge in [0.2, 0.25) is 0 Å². The lowest BCUT2D eigenvalue weighted by Crippen LogP contribution is -2.39. The Labute approximate surface area is 204 Å². The number of aromatic amines is 1. The van der Waals surface area contributed by atoms with Crippen LogP contribution in [0.3, 0.4) is 0 Å². The Morgan fingerprint density at radius 1 is 0.886 bits per heavy atom. The van der Waals surface area contributed by atoms with E-state index in [2.05, 4.69) is 91.6 Å². The van der Waals surface area contributed by atoms with Crippen molar-refractivity contribution in [3.05, 3.63) is 84.3 Å². The first kappa shape index (κ1) is 22.0. The summed E-state index contributed by atoms with van der Waals surface area (Å²) < 4.78 is 5.81. The van der Waals surface area contributed by atoms with Gasteiger partial charge in [-0.2, -0.15) is 0 Å². The molecule has 0 fully saturated rings. The summed E-state index contributed by atoms with van der Waals surface area (Å²) in [5.41, 5.74) is 7.00. The number of rotatable bonds is 10. The molecule has 2 atom stereocenters. The van der Waals surface area contributed by atoms with Gasteiger partial charge in [0.05, 0.1) is 36.2 Å². The maximum Gasteiger partial charge on any atom is 0.0782 e. The van der Waals surface area contributed by atoms with Crippen LogP contribution < -0.4 is 16.0 Å². The van der Waals surface area contributed by atoms with Gasteiger partial charge in [-0.3, -0.25) is 9.98 Å². The average Bonchev–Trinajstić information content (AvgIpc) is 3.47. The molecule has 0 amide bonds. The van der Waals surface area contributed by atoms with E-state index in [1.165, 1.54) is 22.0 Å². The highest BCUT2D eigenvalue weighted by Crippen LogP contribution is 2.38. The molecule has 0 saturated carbocycles. The number of benzene rings is 2. The molecule has 4 N–H and O–H groups in total. The van der Waals surface area contributed by atoms with Crippen LogP contribution in [-0.2, 0) is 11.3 Å². The van der Waals surface area contributed by atoms with Crippen molar-refractivity contribution in [3.8, 4) is 0 Å². The quantitative estimate of drug-likeness (QED) is 0.266. The van der Waals surface area contributed by atoms with Gasteiger partial charge in [0.15, 0.2) is 0 Å². The molecule has 4 aromatic rings. The zero-order chi connectivity index (χ0) is 23.5. The third-order valence-electron chi connectivity index (χ3n) is 6.83. The summed E-state index contributed by atoms with van der Waals surface area (Å²) >= 11 is 0. The fourth-order valence-electron chi connectivity index (χ4n) is 5.11. The van der Waals surface area contributed by atoms with Crippen LogP contribution in [0.2, 0.25) is 0 Å². The minimum atomic E-state index is 0.241. The number of aliphatic imine (C=N–C) groups is 1. The number of hydrogen-bond donors (Lipinski definition) is 4. The number of pyridine rings is 1. The summed E-state index contributed by atoms with van der Waals surface area (Å²) in [5, 5.41) is 13.0. The molecular weight excluding hydrogens is 436 g/mol. The highest BCUT2D eigenvalue weighted by Gasteiger charge is 2.34. The number of aromatic nitrogens is 2. The minimum absolute atomic E-state index is 0.241. The Bertz CT molecular complexity index is 1390. The fraction of sp³-hybridized carbons (Fsp3) is 0.286. The third kappa shape index (κ3) is 4.46. The van der Waals surface area contributed by atoms with E-state index in [0.717, 1.165) is 42.1 Å². The van der Waals surface area contributed by atoms with E-state index in [1.807, 2.05) is 12.4 Å². The van der Waals surface area contributed by atoms with E-state index in [9.17, 15) is 0 Å². The van der Waals surface area contributed by atoms with Crippen molar-refractivity contribution in [2.75, 3.05) is 38.2 Å². The second-order valence-corrected chi connectivity index (χ2v) is 9.01. The molecule has 0 bridgehead atoms. The molecule has 0 aliphatic carbocycles. The zero-order valence-electron chi connectivity index (χ0n) is 19.6. The van der Waals surface area contributed by atoms with Gasteiger partial charge in [0.1, 0.15) is 0 Å². The average molecular weight is 467 g/mol. The van der Waals surface area contributed by atoms with Gasteiger partial charge < -0.3 is 25.7 Å². The number of nitrogens with one attached hydrogen (secondary N) is 4. The number of anilines is 1. The fourth-order valence-corrected chi connectivity index (χ4v) is 5.11. The minimum Gasteiger partial charge on any atom is -0.379 e. The van der Waals surface area contributed by atoms with Crippen molar-refractivity contribution in [1.82, 2.24) is 20.6 Å². The summed E-state index contributed by atoms with van der Waals surface area (Å²) in [6.07, 6.45) is 6.02. The predicted octanol–water partition coefficient (Wildman–Crippen LogP) is 3.96. The van der Waals surface area contributed by atoms with Crippen molar-refractivity contribution < 1.29 is 4.74 Å². The summed E-state index contributed by atoms with van der Waals surface area (Å²) in [7, 11) is 0. The Hall–Kier alpha value is -3.52. The Balaban J connectivity index is 0.905. The number of fused-ring (bicyclic) bond motifs is 6. The molecule has 4 heterocycles. The summed E-state index contributed by atoms with van der Waals surface area (Å²) in [6, 6.07) is 19.2. The number of ether oxygens (including phenoxy) is 1. The summed E-state index contributed by atoms with van der Waals surface area (Å²) in [5.74, 6) is 0.368. The monoisotopic (exact) mass is 466 g/mol. The second-order valence-electron chi connectivity index (χ2n) is 9.01. The summed E-state index contributed by atoms with van der Waals surface area (Å²) in [4.78, 5) is 12.7. The van der Waals surface area contributed by atoms with Gasteiger partial charge in [0.25, 0.3) is 0 Å². The smallest absolute Gasteiger partial charge is 0.0782 e. The van der Waals surface area contributed by atoms with Crippen molar-refractivity contribution >= 4 is 33.2 Å². The number of para-hydroxylation sites is 2. The molecule has 0 radical (unpaired) electrons. The molecular formula is C28H30N6O. The van der Waals surface area contributed by atoms with Crippen LogP contribution >= 0.6 is 0 Å². The van der Waals surface area contributed by atoms with Gasteiger partial charge in [-0.1, -0.05) is 42.5 Å². The lowest BCUT2D eigenvalue weighted by Gasteiger charge is -2.23. The standard InChI is InChI=1S/C28H30N6O/c1-3-7-23-19(5-1)21-9-11-31-25(27(21)33-23)17-29-13-15-35-16-14-30-18-26-28-22(10-12-32-26)20-6-2-4-8-24(20)34-28/h1-12,21,27,29-30,33-34H,13-18H2. The molecule has 0 saturated heterocycles. The Morgan fingerprint density at radius 2 is 1.71 bits per heavy atom. The van der Waals surface area contributed by atoms with Gasteiger partial charge >= 0.3 is 0 Å². The van der Waals surface area contributed by atoms with E-state index in [4.69, 9.17) is 4.74 Å². The molecule has 2 aliphatic heterocycles. The van der Waals surface area contributed by atoms with E-state index in [-0.39, 0.29) is 6.04 Å². The van der Waals surface area contributed by atoms with Crippen LogP contribution in [-0.4, -0.2) is 54.6 Å². The van der Waals surface area contributed by atoms with Crippen molar-refractivity contribution in [3.63, 3.8) is 0 Å². The van der Waals surface area contributed by atoms with Gasteiger partial charge in [-0.05, 0) is 23.8 Å². The van der Waals surface area contributed by atoms with Crippen LogP contribution in [0, 0.1) is 0 Å². The summed E-state index contributed by atoms with van der Waals surface area (Å²) in [6.45, 7) is 4.37. The molecule has 2 aromatic heterocycles. The molecule has 35 heavy (non-hydrogen) atoms. The van der Waals surface area contributed by atoms with Crippen LogP contribution in [0.5, 0.6) is 0 Å². The normalized spacial score (nSPS) is 18.5. The maximum absolute atomic E-state index is 5.81. The predicted molar refractivity (Wildman–Crippen MR) is 142 cm³/mol. The Kier molecular flexibility index (Phi) is 6.28. The molecule has 2 aromatic carbocycles. The Morgan fingerprint density at radius 3 is 2.66 bits per heavy atom. The van der Waals surface area contributed by atoms with Gasteiger partial charge in [-0.15, -0.1) is 0 Å². The third-order valence-corrected chi connectivity index (χ3v) is 6.83. The number of nitrogens with zero attached hydrogens (tertiary/aromatic N) is 2. The van der Waals surface area contributed by atoms with Gasteiger partial charge in [0, 0.05) is 66.5 Å². The van der Waals surface area contributed by atoms with E-state index >= 15 is 0 Å². The first-order chi connectivity index (χ1) is 17.4. The SMILES string of the molecule is C1=CC2c3ccccc3NC2C(CNCCOCCNCc2nccc3c2[nH]c2ccccc23)=N1. The van der Waals surface area contributed by atoms with Crippen LogP contribution in [0.25, 0.3) is 21.8 Å². The molecule has 7 nitrogen and oxygen atoms in total. The molecule has 2 aliphatic rings. The van der Waals surface area contributed by atoms with Gasteiger partial charge in [-0.25, -0.2) is 0 Å². The largest absolute Gasteiger partial charge is 0.379 e.